The summed E-state index contributed by atoms with van der Waals surface area (Å²) in [7, 11) is 0. The third-order valence-electron chi connectivity index (χ3n) is 2.53. The van der Waals surface area contributed by atoms with Crippen molar-refractivity contribution in [3.63, 3.8) is 0 Å². The molecular formula is C12H18F3NS. The smallest absolute Gasteiger partial charge is 0.309 e. The number of hydrogen-bond donors (Lipinski definition) is 1. The van der Waals surface area contributed by atoms with Gasteiger partial charge in [-0.15, -0.1) is 11.3 Å². The first-order valence-corrected chi connectivity index (χ1v) is 6.56. The number of aryl methyl sites for hydroxylation is 1. The Morgan fingerprint density at radius 2 is 2.00 bits per heavy atom. The van der Waals surface area contributed by atoms with Crippen LogP contribution >= 0.6 is 11.3 Å². The molecule has 0 spiro atoms. The van der Waals surface area contributed by atoms with Crippen LogP contribution in [0, 0.1) is 6.92 Å². The van der Waals surface area contributed by atoms with Crippen LogP contribution in [0.5, 0.6) is 0 Å². The Labute approximate surface area is 104 Å². The molecule has 0 saturated heterocycles. The maximum absolute atomic E-state index is 11.9. The van der Waals surface area contributed by atoms with Gasteiger partial charge in [0.2, 0.25) is 0 Å². The second kappa shape index (κ2) is 6.40. The Bertz CT molecular complexity index is 333. The normalized spacial score (nSPS) is 13.9. The van der Waals surface area contributed by atoms with Gasteiger partial charge in [0.25, 0.3) is 0 Å². The van der Waals surface area contributed by atoms with E-state index in [9.17, 15) is 13.2 Å². The van der Waals surface area contributed by atoms with E-state index in [0.29, 0.717) is 13.0 Å². The van der Waals surface area contributed by atoms with E-state index in [1.54, 1.807) is 11.3 Å². The molecule has 1 N–H and O–H groups in total. The van der Waals surface area contributed by atoms with Crippen molar-refractivity contribution in [1.29, 1.82) is 0 Å². The molecule has 1 rings (SSSR count). The zero-order chi connectivity index (χ0) is 12.9. The highest BCUT2D eigenvalue weighted by molar-refractivity contribution is 7.12. The first kappa shape index (κ1) is 14.5. The highest BCUT2D eigenvalue weighted by Gasteiger charge is 2.25. The predicted molar refractivity (Wildman–Crippen MR) is 65.4 cm³/mol. The van der Waals surface area contributed by atoms with Gasteiger partial charge in [-0.3, -0.25) is 0 Å². The number of nitrogens with one attached hydrogen (secondary N) is 1. The van der Waals surface area contributed by atoms with E-state index < -0.39 is 12.6 Å². The zero-order valence-corrected chi connectivity index (χ0v) is 10.9. The molecule has 17 heavy (non-hydrogen) atoms. The molecule has 0 aromatic carbocycles. The van der Waals surface area contributed by atoms with Crippen molar-refractivity contribution in [3.05, 3.63) is 21.9 Å². The third-order valence-corrected chi connectivity index (χ3v) is 3.71. The van der Waals surface area contributed by atoms with Gasteiger partial charge in [-0.1, -0.05) is 0 Å². The van der Waals surface area contributed by atoms with Gasteiger partial charge >= 0.3 is 6.18 Å². The van der Waals surface area contributed by atoms with E-state index in [0.717, 1.165) is 0 Å². The van der Waals surface area contributed by atoms with Crippen LogP contribution in [0.25, 0.3) is 0 Å². The number of thiophene rings is 1. The molecule has 0 aliphatic carbocycles. The minimum atomic E-state index is -4.02. The van der Waals surface area contributed by atoms with E-state index in [1.165, 1.54) is 9.75 Å². The van der Waals surface area contributed by atoms with Crippen LogP contribution in [-0.2, 0) is 0 Å². The Morgan fingerprint density at radius 3 is 2.53 bits per heavy atom. The highest BCUT2D eigenvalue weighted by atomic mass is 32.1. The molecule has 0 aliphatic rings. The van der Waals surface area contributed by atoms with Crippen molar-refractivity contribution in [2.45, 2.75) is 45.3 Å². The van der Waals surface area contributed by atoms with Crippen molar-refractivity contribution in [1.82, 2.24) is 5.32 Å². The van der Waals surface area contributed by atoms with Crippen LogP contribution in [0.1, 0.15) is 42.0 Å². The number of halogens is 3. The summed E-state index contributed by atoms with van der Waals surface area (Å²) in [6, 6.07) is 4.34. The molecule has 0 aliphatic heterocycles. The summed E-state index contributed by atoms with van der Waals surface area (Å²) in [5.74, 6) is 0. The molecule has 0 amide bonds. The van der Waals surface area contributed by atoms with Gasteiger partial charge in [0.05, 0.1) is 0 Å². The first-order valence-electron chi connectivity index (χ1n) is 5.75. The van der Waals surface area contributed by atoms with Gasteiger partial charge in [0.15, 0.2) is 0 Å². The topological polar surface area (TPSA) is 12.0 Å². The van der Waals surface area contributed by atoms with E-state index in [2.05, 4.69) is 17.4 Å². The lowest BCUT2D eigenvalue weighted by Crippen LogP contribution is -2.19. The van der Waals surface area contributed by atoms with Gasteiger partial charge in [0, 0.05) is 22.2 Å². The third kappa shape index (κ3) is 6.07. The standard InChI is InChI=1S/C12H18F3NS/c1-9-5-6-11(17-9)10(2)16-8-4-3-7-12(13,14)15/h5-6,10,16H,3-4,7-8H2,1-2H3. The van der Waals surface area contributed by atoms with Crippen LogP contribution < -0.4 is 5.32 Å². The molecule has 0 fully saturated rings. The number of hydrogen-bond acceptors (Lipinski definition) is 2. The fraction of sp³-hybridized carbons (Fsp3) is 0.667. The van der Waals surface area contributed by atoms with Crippen molar-refractivity contribution < 1.29 is 13.2 Å². The van der Waals surface area contributed by atoms with Crippen molar-refractivity contribution >= 4 is 11.3 Å². The minimum Gasteiger partial charge on any atom is -0.309 e. The Kier molecular flexibility index (Phi) is 5.46. The number of alkyl halides is 3. The van der Waals surface area contributed by atoms with Crippen LogP contribution in [0.2, 0.25) is 0 Å². The minimum absolute atomic E-state index is 0.201. The number of rotatable bonds is 6. The van der Waals surface area contributed by atoms with Gasteiger partial charge in [0.1, 0.15) is 0 Å². The summed E-state index contributed by atoms with van der Waals surface area (Å²) in [5.41, 5.74) is 0. The fourth-order valence-electron chi connectivity index (χ4n) is 1.56. The summed E-state index contributed by atoms with van der Waals surface area (Å²) < 4.78 is 35.7. The molecule has 1 atom stereocenters. The summed E-state index contributed by atoms with van der Waals surface area (Å²) in [4.78, 5) is 2.49. The second-order valence-corrected chi connectivity index (χ2v) is 5.52. The van der Waals surface area contributed by atoms with Crippen LogP contribution in [0.15, 0.2) is 12.1 Å². The zero-order valence-electron chi connectivity index (χ0n) is 10.1. The lowest BCUT2D eigenvalue weighted by molar-refractivity contribution is -0.135. The first-order chi connectivity index (χ1) is 7.88. The molecule has 1 unspecified atom stereocenters. The lowest BCUT2D eigenvalue weighted by Gasteiger charge is -2.12. The highest BCUT2D eigenvalue weighted by Crippen LogP contribution is 2.23. The summed E-state index contributed by atoms with van der Waals surface area (Å²) in [6.07, 6.45) is -3.93. The molecule has 1 aromatic rings. The van der Waals surface area contributed by atoms with E-state index in [-0.39, 0.29) is 12.5 Å². The quantitative estimate of drug-likeness (QED) is 0.750. The molecule has 0 bridgehead atoms. The Hall–Kier alpha value is -0.550. The largest absolute Gasteiger partial charge is 0.389 e. The van der Waals surface area contributed by atoms with Crippen LogP contribution in [0.3, 0.4) is 0 Å². The van der Waals surface area contributed by atoms with Gasteiger partial charge in [-0.2, -0.15) is 13.2 Å². The second-order valence-electron chi connectivity index (χ2n) is 4.20. The van der Waals surface area contributed by atoms with E-state index in [1.807, 2.05) is 13.8 Å². The molecule has 1 heterocycles. The van der Waals surface area contributed by atoms with Gasteiger partial charge in [-0.25, -0.2) is 0 Å². The average Bonchev–Trinajstić information content (AvgIpc) is 2.62. The molecule has 5 heteroatoms. The molecule has 1 aromatic heterocycles. The summed E-state index contributed by atoms with van der Waals surface area (Å²) in [5, 5.41) is 3.24. The number of unbranched alkanes of at least 4 members (excludes halogenated alkanes) is 1. The van der Waals surface area contributed by atoms with Gasteiger partial charge < -0.3 is 5.32 Å². The van der Waals surface area contributed by atoms with Crippen LogP contribution in [0.4, 0.5) is 13.2 Å². The summed E-state index contributed by atoms with van der Waals surface area (Å²) >= 11 is 1.72. The molecule has 0 saturated carbocycles. The van der Waals surface area contributed by atoms with Crippen molar-refractivity contribution in [2.75, 3.05) is 6.54 Å². The van der Waals surface area contributed by atoms with E-state index >= 15 is 0 Å². The SMILES string of the molecule is Cc1ccc(C(C)NCCCCC(F)(F)F)s1. The fourth-order valence-corrected chi connectivity index (χ4v) is 2.46. The molecule has 1 nitrogen and oxygen atoms in total. The van der Waals surface area contributed by atoms with Crippen molar-refractivity contribution in [2.24, 2.45) is 0 Å². The summed E-state index contributed by atoms with van der Waals surface area (Å²) in [6.45, 7) is 4.72. The van der Waals surface area contributed by atoms with Gasteiger partial charge in [-0.05, 0) is 45.4 Å². The van der Waals surface area contributed by atoms with E-state index in [4.69, 9.17) is 0 Å². The lowest BCUT2D eigenvalue weighted by atomic mass is 10.2. The molecule has 0 radical (unpaired) electrons. The monoisotopic (exact) mass is 265 g/mol. The molecular weight excluding hydrogens is 247 g/mol. The Balaban J connectivity index is 2.15. The van der Waals surface area contributed by atoms with Crippen LogP contribution in [-0.4, -0.2) is 12.7 Å². The maximum atomic E-state index is 11.9. The maximum Gasteiger partial charge on any atom is 0.389 e. The Morgan fingerprint density at radius 1 is 1.29 bits per heavy atom. The predicted octanol–water partition coefficient (Wildman–Crippen LogP) is 4.44. The van der Waals surface area contributed by atoms with Crippen molar-refractivity contribution in [3.8, 4) is 0 Å². The average molecular weight is 265 g/mol. The molecule has 98 valence electrons.